The van der Waals surface area contributed by atoms with Crippen LogP contribution in [-0.2, 0) is 11.0 Å². The molecule has 1 aromatic carbocycles. The highest BCUT2D eigenvalue weighted by Crippen LogP contribution is 2.30. The highest BCUT2D eigenvalue weighted by atomic mass is 79.9. The maximum Gasteiger partial charge on any atom is 0.416 e. The summed E-state index contributed by atoms with van der Waals surface area (Å²) >= 11 is 3.05. The maximum atomic E-state index is 12.6. The summed E-state index contributed by atoms with van der Waals surface area (Å²) in [5.74, 6) is -0.192. The topological polar surface area (TPSA) is 20.3 Å². The van der Waals surface area contributed by atoms with Gasteiger partial charge in [0.1, 0.15) is 0 Å². The molecule has 0 spiro atoms. The highest BCUT2D eigenvalue weighted by Gasteiger charge is 2.30. The molecule has 0 saturated carbocycles. The van der Waals surface area contributed by atoms with Crippen molar-refractivity contribution < 1.29 is 18.0 Å². The first-order valence-electron chi connectivity index (χ1n) is 5.41. The molecule has 0 amide bonds. The van der Waals surface area contributed by atoms with Gasteiger partial charge in [0.25, 0.3) is 0 Å². The molecule has 0 atom stereocenters. The fourth-order valence-electron chi connectivity index (χ4n) is 1.49. The van der Waals surface area contributed by atoms with Crippen LogP contribution in [0.3, 0.4) is 0 Å². The highest BCUT2D eigenvalue weighted by molar-refractivity contribution is 9.09. The van der Waals surface area contributed by atoms with E-state index >= 15 is 0 Å². The molecule has 19 heavy (non-hydrogen) atoms. The lowest BCUT2D eigenvalue weighted by Crippen LogP contribution is -2.20. The van der Waals surface area contributed by atoms with Crippen molar-refractivity contribution in [2.75, 3.05) is 19.4 Å². The number of likely N-dealkylation sites (N-methyl/N-ethyl adjacent to an activating group) is 1. The standard InChI is InChI=1S/C13H13BrF3NO/c1-18(2)11(12(19)8-14)7-9-4-3-5-10(6-9)13(15,16)17/h3-7H,8H2,1-2H3. The zero-order chi connectivity index (χ0) is 14.6. The van der Waals surface area contributed by atoms with Crippen molar-refractivity contribution in [3.8, 4) is 0 Å². The van der Waals surface area contributed by atoms with Crippen LogP contribution in [0.25, 0.3) is 6.08 Å². The molecule has 0 saturated heterocycles. The van der Waals surface area contributed by atoms with Crippen LogP contribution < -0.4 is 0 Å². The van der Waals surface area contributed by atoms with Gasteiger partial charge in [-0.25, -0.2) is 0 Å². The summed E-state index contributed by atoms with van der Waals surface area (Å²) in [6, 6.07) is 4.87. The molecule has 1 aromatic rings. The van der Waals surface area contributed by atoms with Gasteiger partial charge < -0.3 is 4.90 Å². The lowest BCUT2D eigenvalue weighted by Gasteiger charge is -2.15. The molecule has 0 aliphatic carbocycles. The fourth-order valence-corrected chi connectivity index (χ4v) is 1.78. The third kappa shape index (κ3) is 4.38. The Hall–Kier alpha value is -1.30. The van der Waals surface area contributed by atoms with Gasteiger partial charge in [-0.05, 0) is 23.8 Å². The first-order valence-corrected chi connectivity index (χ1v) is 6.53. The molecule has 0 N–H and O–H groups in total. The molecule has 0 aliphatic rings. The predicted octanol–water partition coefficient (Wildman–Crippen LogP) is 3.57. The summed E-state index contributed by atoms with van der Waals surface area (Å²) in [6.45, 7) is 0. The molecular formula is C13H13BrF3NO. The van der Waals surface area contributed by atoms with Gasteiger partial charge in [0.15, 0.2) is 5.78 Å². The molecule has 0 radical (unpaired) electrons. The van der Waals surface area contributed by atoms with E-state index in [0.717, 1.165) is 12.1 Å². The van der Waals surface area contributed by atoms with Crippen LogP contribution in [0.2, 0.25) is 0 Å². The van der Waals surface area contributed by atoms with Crippen molar-refractivity contribution in [3.63, 3.8) is 0 Å². The summed E-state index contributed by atoms with van der Waals surface area (Å²) < 4.78 is 37.7. The number of ketones is 1. The third-order valence-corrected chi connectivity index (χ3v) is 2.92. The Morgan fingerprint density at radius 1 is 1.37 bits per heavy atom. The van der Waals surface area contributed by atoms with Gasteiger partial charge >= 0.3 is 6.18 Å². The van der Waals surface area contributed by atoms with Crippen LogP contribution in [0.5, 0.6) is 0 Å². The van der Waals surface area contributed by atoms with E-state index in [1.807, 2.05) is 0 Å². The van der Waals surface area contributed by atoms with Crippen molar-refractivity contribution in [3.05, 3.63) is 41.1 Å². The Kier molecular flexibility index (Phi) is 5.17. The average Bonchev–Trinajstić information content (AvgIpc) is 2.34. The minimum Gasteiger partial charge on any atom is -0.375 e. The summed E-state index contributed by atoms with van der Waals surface area (Å²) in [4.78, 5) is 13.2. The number of carbonyl (C=O) groups excluding carboxylic acids is 1. The second-order valence-electron chi connectivity index (χ2n) is 4.10. The van der Waals surface area contributed by atoms with Gasteiger partial charge in [0.05, 0.1) is 16.6 Å². The first kappa shape index (κ1) is 15.8. The SMILES string of the molecule is CN(C)C(=Cc1cccc(C(F)(F)F)c1)C(=O)CBr. The van der Waals surface area contributed by atoms with E-state index in [9.17, 15) is 18.0 Å². The summed E-state index contributed by atoms with van der Waals surface area (Å²) in [5, 5.41) is 0.121. The van der Waals surface area contributed by atoms with Crippen LogP contribution in [-0.4, -0.2) is 30.1 Å². The third-order valence-electron chi connectivity index (χ3n) is 2.41. The van der Waals surface area contributed by atoms with Crippen molar-refractivity contribution in [1.82, 2.24) is 4.90 Å². The number of Topliss-reactive ketones (excluding diaryl/α,β-unsaturated/α-hetero) is 1. The lowest BCUT2D eigenvalue weighted by molar-refractivity contribution is -0.137. The number of halogens is 4. The van der Waals surface area contributed by atoms with E-state index < -0.39 is 11.7 Å². The van der Waals surface area contributed by atoms with E-state index in [0.29, 0.717) is 11.3 Å². The van der Waals surface area contributed by atoms with Gasteiger partial charge in [-0.2, -0.15) is 13.2 Å². The van der Waals surface area contributed by atoms with Gasteiger partial charge in [-0.3, -0.25) is 4.79 Å². The smallest absolute Gasteiger partial charge is 0.375 e. The number of benzene rings is 1. The van der Waals surface area contributed by atoms with Crippen LogP contribution in [0, 0.1) is 0 Å². The molecule has 0 bridgehead atoms. The molecule has 0 fully saturated rings. The second kappa shape index (κ2) is 6.23. The Morgan fingerprint density at radius 3 is 2.47 bits per heavy atom. The Morgan fingerprint density at radius 2 is 2.00 bits per heavy atom. The zero-order valence-corrected chi connectivity index (χ0v) is 12.0. The average molecular weight is 336 g/mol. The summed E-state index contributed by atoms with van der Waals surface area (Å²) in [6.07, 6.45) is -2.94. The molecule has 0 aromatic heterocycles. The molecule has 6 heteroatoms. The molecule has 0 heterocycles. The minimum atomic E-state index is -4.39. The quantitative estimate of drug-likeness (QED) is 0.619. The number of nitrogens with zero attached hydrogens (tertiary/aromatic N) is 1. The van der Waals surface area contributed by atoms with Crippen LogP contribution >= 0.6 is 15.9 Å². The molecule has 1 rings (SSSR count). The number of allylic oxidation sites excluding steroid dienone is 1. The molecule has 0 aliphatic heterocycles. The maximum absolute atomic E-state index is 12.6. The fraction of sp³-hybridized carbons (Fsp3) is 0.308. The Bertz CT molecular complexity index is 495. The lowest BCUT2D eigenvalue weighted by atomic mass is 10.1. The molecule has 0 unspecified atom stereocenters. The van der Waals surface area contributed by atoms with E-state index in [1.165, 1.54) is 18.2 Å². The normalized spacial score (nSPS) is 12.4. The Labute approximate surface area is 118 Å². The Balaban J connectivity index is 3.19. The number of hydrogen-bond donors (Lipinski definition) is 0. The van der Waals surface area contributed by atoms with Crippen molar-refractivity contribution in [2.24, 2.45) is 0 Å². The molecule has 2 nitrogen and oxygen atoms in total. The summed E-state index contributed by atoms with van der Waals surface area (Å²) in [5.41, 5.74) is -0.0466. The number of carbonyl (C=O) groups is 1. The number of alkyl halides is 4. The largest absolute Gasteiger partial charge is 0.416 e. The second-order valence-corrected chi connectivity index (χ2v) is 4.66. The van der Waals surface area contributed by atoms with E-state index in [4.69, 9.17) is 0 Å². The van der Waals surface area contributed by atoms with Crippen LogP contribution in [0.15, 0.2) is 30.0 Å². The van der Waals surface area contributed by atoms with Crippen molar-refractivity contribution in [1.29, 1.82) is 0 Å². The predicted molar refractivity (Wildman–Crippen MR) is 71.9 cm³/mol. The minimum absolute atomic E-state index is 0.121. The van der Waals surface area contributed by atoms with Gasteiger partial charge in [0, 0.05) is 14.1 Å². The van der Waals surface area contributed by atoms with Crippen molar-refractivity contribution >= 4 is 27.8 Å². The zero-order valence-electron chi connectivity index (χ0n) is 10.5. The van der Waals surface area contributed by atoms with E-state index in [2.05, 4.69) is 15.9 Å². The first-order chi connectivity index (χ1) is 8.75. The summed E-state index contributed by atoms with van der Waals surface area (Å²) in [7, 11) is 3.33. The van der Waals surface area contributed by atoms with Gasteiger partial charge in [-0.1, -0.05) is 28.1 Å². The molecule has 104 valence electrons. The molecular weight excluding hydrogens is 323 g/mol. The number of rotatable bonds is 4. The van der Waals surface area contributed by atoms with Crippen molar-refractivity contribution in [2.45, 2.75) is 6.18 Å². The number of hydrogen-bond acceptors (Lipinski definition) is 2. The van der Waals surface area contributed by atoms with Gasteiger partial charge in [0.2, 0.25) is 0 Å². The van der Waals surface area contributed by atoms with Gasteiger partial charge in [-0.15, -0.1) is 0 Å². The van der Waals surface area contributed by atoms with E-state index in [-0.39, 0.29) is 11.1 Å². The monoisotopic (exact) mass is 335 g/mol. The van der Waals surface area contributed by atoms with E-state index in [1.54, 1.807) is 19.0 Å². The van der Waals surface area contributed by atoms with Crippen LogP contribution in [0.1, 0.15) is 11.1 Å². The van der Waals surface area contributed by atoms with Crippen LogP contribution in [0.4, 0.5) is 13.2 Å².